The molecule has 0 amide bonds. The molecule has 2 N–H and O–H groups in total. The minimum atomic E-state index is -0.609. The average molecular weight is 283 g/mol. The van der Waals surface area contributed by atoms with E-state index in [-0.39, 0.29) is 5.97 Å². The minimum absolute atomic E-state index is 0.381. The lowest BCUT2D eigenvalue weighted by molar-refractivity contribution is -0.142. The van der Waals surface area contributed by atoms with Crippen LogP contribution in [0.1, 0.15) is 16.7 Å². The predicted octanol–water partition coefficient (Wildman–Crippen LogP) is 3.01. The zero-order chi connectivity index (χ0) is 15.4. The maximum atomic E-state index is 11.3. The van der Waals surface area contributed by atoms with Crippen LogP contribution in [0, 0.1) is 13.8 Å². The number of hydrogen-bond acceptors (Lipinski definition) is 3. The minimum Gasteiger partial charge on any atom is -0.468 e. The van der Waals surface area contributed by atoms with E-state index >= 15 is 0 Å². The third kappa shape index (κ3) is 3.70. The lowest BCUT2D eigenvalue weighted by Gasteiger charge is -2.10. The van der Waals surface area contributed by atoms with Crippen LogP contribution < -0.4 is 5.73 Å². The van der Waals surface area contributed by atoms with Gasteiger partial charge in [0, 0.05) is 0 Å². The Balaban J connectivity index is 2.15. The zero-order valence-electron chi connectivity index (χ0n) is 12.7. The molecule has 1 unspecified atom stereocenters. The molecule has 0 radical (unpaired) electrons. The van der Waals surface area contributed by atoms with E-state index in [1.165, 1.54) is 23.8 Å². The molecule has 0 aliphatic carbocycles. The topological polar surface area (TPSA) is 52.3 Å². The molecule has 21 heavy (non-hydrogen) atoms. The molecule has 0 bridgehead atoms. The van der Waals surface area contributed by atoms with Crippen molar-refractivity contribution >= 4 is 5.97 Å². The van der Waals surface area contributed by atoms with Gasteiger partial charge in [-0.2, -0.15) is 0 Å². The van der Waals surface area contributed by atoms with E-state index in [1.807, 2.05) is 12.1 Å². The van der Waals surface area contributed by atoms with Gasteiger partial charge in [-0.05, 0) is 48.1 Å². The summed E-state index contributed by atoms with van der Waals surface area (Å²) in [6.45, 7) is 4.22. The lowest BCUT2D eigenvalue weighted by atomic mass is 9.98. The molecule has 0 saturated heterocycles. The summed E-state index contributed by atoms with van der Waals surface area (Å²) in [5.41, 5.74) is 11.7. The summed E-state index contributed by atoms with van der Waals surface area (Å²) in [4.78, 5) is 11.3. The predicted molar refractivity (Wildman–Crippen MR) is 85.0 cm³/mol. The second-order valence-electron chi connectivity index (χ2n) is 5.33. The third-order valence-corrected chi connectivity index (χ3v) is 3.75. The first-order chi connectivity index (χ1) is 10.0. The van der Waals surface area contributed by atoms with Crippen LogP contribution in [0.5, 0.6) is 0 Å². The molecular weight excluding hydrogens is 262 g/mol. The standard InChI is InChI=1S/C18H21NO2/c1-12-4-7-16(10-13(12)2)15-8-5-14(6-9-15)11-17(19)18(20)21-3/h4-10,17H,11,19H2,1-3H3. The molecule has 0 aliphatic rings. The Bertz CT molecular complexity index is 632. The van der Waals surface area contributed by atoms with Gasteiger partial charge in [-0.25, -0.2) is 0 Å². The molecule has 0 heterocycles. The average Bonchev–Trinajstić information content (AvgIpc) is 2.50. The number of nitrogens with two attached hydrogens (primary N) is 1. The fraction of sp³-hybridized carbons (Fsp3) is 0.278. The van der Waals surface area contributed by atoms with Gasteiger partial charge in [0.25, 0.3) is 0 Å². The molecule has 1 atom stereocenters. The van der Waals surface area contributed by atoms with E-state index in [4.69, 9.17) is 5.73 Å². The van der Waals surface area contributed by atoms with Crippen molar-refractivity contribution in [1.29, 1.82) is 0 Å². The normalized spacial score (nSPS) is 12.0. The van der Waals surface area contributed by atoms with Gasteiger partial charge in [0.2, 0.25) is 0 Å². The van der Waals surface area contributed by atoms with E-state index in [1.54, 1.807) is 0 Å². The number of hydrogen-bond donors (Lipinski definition) is 1. The number of esters is 1. The Hall–Kier alpha value is -2.13. The fourth-order valence-corrected chi connectivity index (χ4v) is 2.24. The highest BCUT2D eigenvalue weighted by Crippen LogP contribution is 2.22. The Labute approximate surface area is 125 Å². The largest absolute Gasteiger partial charge is 0.468 e. The van der Waals surface area contributed by atoms with Crippen molar-refractivity contribution < 1.29 is 9.53 Å². The molecule has 0 aromatic heterocycles. The monoisotopic (exact) mass is 283 g/mol. The van der Waals surface area contributed by atoms with Crippen LogP contribution in [0.4, 0.5) is 0 Å². The highest BCUT2D eigenvalue weighted by Gasteiger charge is 2.14. The maximum Gasteiger partial charge on any atom is 0.322 e. The Morgan fingerprint density at radius 3 is 2.24 bits per heavy atom. The summed E-state index contributed by atoms with van der Waals surface area (Å²) in [6, 6.07) is 14.0. The van der Waals surface area contributed by atoms with Gasteiger partial charge in [-0.1, -0.05) is 42.5 Å². The SMILES string of the molecule is COC(=O)C(N)Cc1ccc(-c2ccc(C)c(C)c2)cc1. The maximum absolute atomic E-state index is 11.3. The quantitative estimate of drug-likeness (QED) is 0.878. The van der Waals surface area contributed by atoms with Crippen LogP contribution in [0.25, 0.3) is 11.1 Å². The van der Waals surface area contributed by atoms with Crippen molar-refractivity contribution in [2.45, 2.75) is 26.3 Å². The number of carbonyl (C=O) groups excluding carboxylic acids is 1. The number of benzene rings is 2. The first-order valence-corrected chi connectivity index (χ1v) is 7.01. The molecule has 0 spiro atoms. The van der Waals surface area contributed by atoms with Crippen LogP contribution in [0.2, 0.25) is 0 Å². The van der Waals surface area contributed by atoms with Crippen molar-refractivity contribution in [3.8, 4) is 11.1 Å². The fourth-order valence-electron chi connectivity index (χ4n) is 2.24. The molecule has 2 aromatic rings. The summed E-state index contributed by atoms with van der Waals surface area (Å²) in [5, 5.41) is 0. The van der Waals surface area contributed by atoms with E-state index in [2.05, 4.69) is 48.9 Å². The molecule has 0 saturated carbocycles. The Morgan fingerprint density at radius 2 is 1.67 bits per heavy atom. The number of carbonyl (C=O) groups is 1. The molecular formula is C18H21NO2. The van der Waals surface area contributed by atoms with Gasteiger partial charge in [-0.3, -0.25) is 4.79 Å². The van der Waals surface area contributed by atoms with Gasteiger partial charge >= 0.3 is 5.97 Å². The highest BCUT2D eigenvalue weighted by atomic mass is 16.5. The van der Waals surface area contributed by atoms with Crippen molar-refractivity contribution in [2.24, 2.45) is 5.73 Å². The van der Waals surface area contributed by atoms with Crippen molar-refractivity contribution in [3.63, 3.8) is 0 Å². The van der Waals surface area contributed by atoms with Crippen LogP contribution in [-0.4, -0.2) is 19.1 Å². The summed E-state index contributed by atoms with van der Waals surface area (Å²) in [5.74, 6) is -0.381. The first-order valence-electron chi connectivity index (χ1n) is 7.01. The van der Waals surface area contributed by atoms with Gasteiger partial charge < -0.3 is 10.5 Å². The summed E-state index contributed by atoms with van der Waals surface area (Å²) in [7, 11) is 1.35. The summed E-state index contributed by atoms with van der Waals surface area (Å²) in [6.07, 6.45) is 0.486. The van der Waals surface area contributed by atoms with Crippen LogP contribution >= 0.6 is 0 Å². The summed E-state index contributed by atoms with van der Waals surface area (Å²) < 4.78 is 4.64. The molecule has 0 fully saturated rings. The van der Waals surface area contributed by atoms with Crippen LogP contribution in [0.3, 0.4) is 0 Å². The molecule has 0 aliphatic heterocycles. The smallest absolute Gasteiger partial charge is 0.322 e. The van der Waals surface area contributed by atoms with Crippen LogP contribution in [-0.2, 0) is 16.0 Å². The second kappa shape index (κ2) is 6.55. The number of aryl methyl sites for hydroxylation is 2. The first kappa shape index (κ1) is 15.3. The third-order valence-electron chi connectivity index (χ3n) is 3.75. The van der Waals surface area contributed by atoms with E-state index in [0.717, 1.165) is 11.1 Å². The van der Waals surface area contributed by atoms with E-state index in [9.17, 15) is 4.79 Å². The van der Waals surface area contributed by atoms with Gasteiger partial charge in [-0.15, -0.1) is 0 Å². The Morgan fingerprint density at radius 1 is 1.05 bits per heavy atom. The molecule has 3 heteroatoms. The van der Waals surface area contributed by atoms with Crippen molar-refractivity contribution in [3.05, 3.63) is 59.2 Å². The second-order valence-corrected chi connectivity index (χ2v) is 5.33. The molecule has 2 aromatic carbocycles. The van der Waals surface area contributed by atoms with Gasteiger partial charge in [0.15, 0.2) is 0 Å². The molecule has 110 valence electrons. The van der Waals surface area contributed by atoms with E-state index in [0.29, 0.717) is 6.42 Å². The van der Waals surface area contributed by atoms with Crippen molar-refractivity contribution in [2.75, 3.05) is 7.11 Å². The van der Waals surface area contributed by atoms with Gasteiger partial charge in [0.05, 0.1) is 7.11 Å². The highest BCUT2D eigenvalue weighted by molar-refractivity contribution is 5.75. The molecule has 2 rings (SSSR count). The Kier molecular flexibility index (Phi) is 4.76. The lowest BCUT2D eigenvalue weighted by Crippen LogP contribution is -2.33. The van der Waals surface area contributed by atoms with Crippen LogP contribution in [0.15, 0.2) is 42.5 Å². The number of ether oxygens (including phenoxy) is 1. The summed E-state index contributed by atoms with van der Waals surface area (Å²) >= 11 is 0. The zero-order valence-corrected chi connectivity index (χ0v) is 12.7. The van der Waals surface area contributed by atoms with E-state index < -0.39 is 6.04 Å². The number of methoxy groups -OCH3 is 1. The van der Waals surface area contributed by atoms with Crippen molar-refractivity contribution in [1.82, 2.24) is 0 Å². The number of rotatable bonds is 4. The molecule has 3 nitrogen and oxygen atoms in total. The van der Waals surface area contributed by atoms with Gasteiger partial charge in [0.1, 0.15) is 6.04 Å².